The largest absolute Gasteiger partial charge is 0.368 e. The summed E-state index contributed by atoms with van der Waals surface area (Å²) in [5.74, 6) is 6.89. The molecule has 0 amide bonds. The van der Waals surface area contributed by atoms with E-state index >= 15 is 0 Å². The number of nitrogen functional groups attached to an aromatic ring is 2. The topological polar surface area (TPSA) is 89.8 Å². The fraction of sp³-hybridized carbons (Fsp3) is 0.167. The van der Waals surface area contributed by atoms with E-state index in [-0.39, 0.29) is 5.95 Å². The van der Waals surface area contributed by atoms with Gasteiger partial charge < -0.3 is 11.2 Å². The van der Waals surface area contributed by atoms with Gasteiger partial charge in [-0.1, -0.05) is 29.8 Å². The summed E-state index contributed by atoms with van der Waals surface area (Å²) in [5.41, 5.74) is 10.6. The molecule has 0 fully saturated rings. The van der Waals surface area contributed by atoms with Gasteiger partial charge in [0.1, 0.15) is 10.8 Å². The highest BCUT2D eigenvalue weighted by Crippen LogP contribution is 2.23. The summed E-state index contributed by atoms with van der Waals surface area (Å²) in [5, 5.41) is 0.803. The Morgan fingerprint density at radius 2 is 2.11 bits per heavy atom. The second kappa shape index (κ2) is 5.70. The van der Waals surface area contributed by atoms with Gasteiger partial charge in [0, 0.05) is 11.8 Å². The summed E-state index contributed by atoms with van der Waals surface area (Å²) in [6.45, 7) is 2.08. The standard InChI is InChI=1S/C12H15N5S/c1-8-3-2-4-9(5-8)7-18-11-6-10(17-14)15-12(13)16-11/h2-6H,7,14H2,1H3,(H3,13,15,16,17). The second-order valence-corrected chi connectivity index (χ2v) is 4.87. The van der Waals surface area contributed by atoms with Crippen LogP contribution in [0.2, 0.25) is 0 Å². The molecular formula is C12H15N5S. The smallest absolute Gasteiger partial charge is 0.223 e. The third-order valence-corrected chi connectivity index (χ3v) is 3.32. The maximum Gasteiger partial charge on any atom is 0.223 e. The summed E-state index contributed by atoms with van der Waals surface area (Å²) in [7, 11) is 0. The van der Waals surface area contributed by atoms with Gasteiger partial charge in [-0.2, -0.15) is 4.98 Å². The summed E-state index contributed by atoms with van der Waals surface area (Å²) < 4.78 is 0. The van der Waals surface area contributed by atoms with Gasteiger partial charge in [-0.25, -0.2) is 10.8 Å². The molecule has 1 aromatic heterocycles. The van der Waals surface area contributed by atoms with Gasteiger partial charge in [0.25, 0.3) is 0 Å². The lowest BCUT2D eigenvalue weighted by Gasteiger charge is -2.05. The molecule has 0 spiro atoms. The predicted molar refractivity (Wildman–Crippen MR) is 75.0 cm³/mol. The van der Waals surface area contributed by atoms with Crippen LogP contribution in [0, 0.1) is 6.92 Å². The first-order valence-corrected chi connectivity index (χ1v) is 6.45. The van der Waals surface area contributed by atoms with E-state index in [1.807, 2.05) is 6.07 Å². The number of hydrogen-bond acceptors (Lipinski definition) is 6. The van der Waals surface area contributed by atoms with Crippen LogP contribution in [0.1, 0.15) is 11.1 Å². The minimum Gasteiger partial charge on any atom is -0.368 e. The third-order valence-electron chi connectivity index (χ3n) is 2.34. The lowest BCUT2D eigenvalue weighted by atomic mass is 10.2. The Morgan fingerprint density at radius 3 is 2.83 bits per heavy atom. The minimum absolute atomic E-state index is 0.220. The molecule has 94 valence electrons. The van der Waals surface area contributed by atoms with Crippen molar-refractivity contribution in [2.45, 2.75) is 17.7 Å². The molecule has 2 rings (SSSR count). The summed E-state index contributed by atoms with van der Waals surface area (Å²) in [4.78, 5) is 8.09. The Bertz CT molecular complexity index is 544. The number of aromatic nitrogens is 2. The number of thioether (sulfide) groups is 1. The number of nitrogens with two attached hydrogens (primary N) is 2. The van der Waals surface area contributed by atoms with Crippen LogP contribution in [0.3, 0.4) is 0 Å². The van der Waals surface area contributed by atoms with Crippen LogP contribution < -0.4 is 17.0 Å². The van der Waals surface area contributed by atoms with E-state index in [0.717, 1.165) is 10.8 Å². The fourth-order valence-electron chi connectivity index (χ4n) is 1.55. The van der Waals surface area contributed by atoms with Crippen molar-refractivity contribution in [1.29, 1.82) is 0 Å². The highest BCUT2D eigenvalue weighted by Gasteiger charge is 2.03. The lowest BCUT2D eigenvalue weighted by molar-refractivity contribution is 1.05. The number of anilines is 2. The zero-order chi connectivity index (χ0) is 13.0. The van der Waals surface area contributed by atoms with Crippen molar-refractivity contribution in [2.75, 3.05) is 11.2 Å². The Balaban J connectivity index is 2.08. The molecule has 2 aromatic rings. The van der Waals surface area contributed by atoms with E-state index in [9.17, 15) is 0 Å². The molecule has 6 heteroatoms. The third kappa shape index (κ3) is 3.35. The van der Waals surface area contributed by atoms with Gasteiger partial charge in [-0.15, -0.1) is 11.8 Å². The Morgan fingerprint density at radius 1 is 1.28 bits per heavy atom. The Hall–Kier alpha value is -1.79. The molecule has 0 unspecified atom stereocenters. The van der Waals surface area contributed by atoms with Gasteiger partial charge >= 0.3 is 0 Å². The molecule has 0 aliphatic rings. The molecule has 0 saturated heterocycles. The zero-order valence-corrected chi connectivity index (χ0v) is 10.9. The van der Waals surface area contributed by atoms with Crippen LogP contribution in [0.4, 0.5) is 11.8 Å². The van der Waals surface area contributed by atoms with E-state index in [0.29, 0.717) is 5.82 Å². The van der Waals surface area contributed by atoms with Crippen LogP contribution in [0.25, 0.3) is 0 Å². The van der Waals surface area contributed by atoms with Gasteiger partial charge in [0.2, 0.25) is 5.95 Å². The van der Waals surface area contributed by atoms with Crippen molar-refractivity contribution in [2.24, 2.45) is 5.84 Å². The number of nitrogens with one attached hydrogen (secondary N) is 1. The van der Waals surface area contributed by atoms with Crippen molar-refractivity contribution in [3.63, 3.8) is 0 Å². The van der Waals surface area contributed by atoms with Gasteiger partial charge in [-0.3, -0.25) is 0 Å². The van der Waals surface area contributed by atoms with E-state index in [4.69, 9.17) is 11.6 Å². The van der Waals surface area contributed by atoms with Crippen LogP contribution in [0.15, 0.2) is 35.4 Å². The summed E-state index contributed by atoms with van der Waals surface area (Å²) in [6.07, 6.45) is 0. The van der Waals surface area contributed by atoms with Crippen LogP contribution in [0.5, 0.6) is 0 Å². The molecule has 0 aliphatic heterocycles. The minimum atomic E-state index is 0.220. The quantitative estimate of drug-likeness (QED) is 0.337. The number of nitrogens with zero attached hydrogens (tertiary/aromatic N) is 2. The maximum absolute atomic E-state index is 5.60. The number of aryl methyl sites for hydroxylation is 1. The number of hydrogen-bond donors (Lipinski definition) is 3. The predicted octanol–water partition coefficient (Wildman–Crippen LogP) is 1.95. The van der Waals surface area contributed by atoms with Crippen LogP contribution >= 0.6 is 11.8 Å². The highest BCUT2D eigenvalue weighted by molar-refractivity contribution is 7.98. The molecule has 1 heterocycles. The van der Waals surface area contributed by atoms with E-state index in [1.165, 1.54) is 11.1 Å². The molecule has 0 radical (unpaired) electrons. The van der Waals surface area contributed by atoms with E-state index in [1.54, 1.807) is 17.8 Å². The maximum atomic E-state index is 5.60. The average Bonchev–Trinajstić information content (AvgIpc) is 2.36. The number of hydrazine groups is 1. The molecule has 18 heavy (non-hydrogen) atoms. The van der Waals surface area contributed by atoms with Crippen LogP contribution in [-0.2, 0) is 5.75 Å². The Labute approximate surface area is 110 Å². The first-order chi connectivity index (χ1) is 8.67. The molecule has 0 bridgehead atoms. The monoisotopic (exact) mass is 261 g/mol. The molecular weight excluding hydrogens is 246 g/mol. The molecule has 0 atom stereocenters. The Kier molecular flexibility index (Phi) is 4.01. The van der Waals surface area contributed by atoms with Crippen molar-refractivity contribution >= 4 is 23.5 Å². The van der Waals surface area contributed by atoms with Gasteiger partial charge in [-0.05, 0) is 12.5 Å². The summed E-state index contributed by atoms with van der Waals surface area (Å²) in [6, 6.07) is 10.1. The lowest BCUT2D eigenvalue weighted by Crippen LogP contribution is -2.10. The van der Waals surface area contributed by atoms with Crippen molar-refractivity contribution in [3.05, 3.63) is 41.5 Å². The molecule has 1 aromatic carbocycles. The van der Waals surface area contributed by atoms with E-state index in [2.05, 4.69) is 40.5 Å². The first kappa shape index (κ1) is 12.7. The van der Waals surface area contributed by atoms with Crippen molar-refractivity contribution in [3.8, 4) is 0 Å². The number of rotatable bonds is 4. The van der Waals surface area contributed by atoms with Crippen molar-refractivity contribution < 1.29 is 0 Å². The molecule has 0 aliphatic carbocycles. The van der Waals surface area contributed by atoms with E-state index < -0.39 is 0 Å². The number of benzene rings is 1. The second-order valence-electron chi connectivity index (χ2n) is 3.87. The molecule has 0 saturated carbocycles. The normalized spacial score (nSPS) is 10.3. The highest BCUT2D eigenvalue weighted by atomic mass is 32.2. The van der Waals surface area contributed by atoms with Gasteiger partial charge in [0.05, 0.1) is 0 Å². The van der Waals surface area contributed by atoms with Gasteiger partial charge in [0.15, 0.2) is 0 Å². The first-order valence-electron chi connectivity index (χ1n) is 5.47. The summed E-state index contributed by atoms with van der Waals surface area (Å²) >= 11 is 1.60. The SMILES string of the molecule is Cc1cccc(CSc2cc(NN)nc(N)n2)c1. The van der Waals surface area contributed by atoms with Crippen molar-refractivity contribution in [1.82, 2.24) is 9.97 Å². The molecule has 5 N–H and O–H groups in total. The van der Waals surface area contributed by atoms with Crippen LogP contribution in [-0.4, -0.2) is 9.97 Å². The zero-order valence-electron chi connectivity index (χ0n) is 10.1. The average molecular weight is 261 g/mol. The molecule has 5 nitrogen and oxygen atoms in total. The fourth-order valence-corrected chi connectivity index (χ4v) is 2.40.